The summed E-state index contributed by atoms with van der Waals surface area (Å²) in [5, 5.41) is 0. The van der Waals surface area contributed by atoms with Crippen LogP contribution in [0.1, 0.15) is 30.1 Å². The largest absolute Gasteiger partial charge is 0.379 e. The Morgan fingerprint density at radius 3 is 2.20 bits per heavy atom. The number of carbonyl (C=O) groups excluding carboxylic acids is 2. The third kappa shape index (κ3) is 3.71. The average Bonchev–Trinajstić information content (AvgIpc) is 3.01. The molecule has 0 spiro atoms. The fourth-order valence-corrected chi connectivity index (χ4v) is 3.56. The fourth-order valence-electron chi connectivity index (χ4n) is 2.63. The molecule has 25 heavy (non-hydrogen) atoms. The minimum atomic E-state index is -3.99. The number of hydrogen-bond donors (Lipinski definition) is 0. The molecule has 7 heteroatoms. The lowest BCUT2D eigenvalue weighted by atomic mass is 10.1. The first-order chi connectivity index (χ1) is 11.9. The first-order valence-electron chi connectivity index (χ1n) is 7.83. The molecule has 2 aromatic rings. The van der Waals surface area contributed by atoms with E-state index in [0.29, 0.717) is 24.2 Å². The number of ketones is 1. The number of amides is 1. The number of hydrogen-bond acceptors (Lipinski definition) is 5. The van der Waals surface area contributed by atoms with Gasteiger partial charge in [-0.1, -0.05) is 0 Å². The van der Waals surface area contributed by atoms with Crippen LogP contribution in [0, 0.1) is 0 Å². The molecule has 1 saturated heterocycles. The van der Waals surface area contributed by atoms with Crippen LogP contribution in [0.15, 0.2) is 53.4 Å². The summed E-state index contributed by atoms with van der Waals surface area (Å²) in [7, 11) is -3.99. The Balaban J connectivity index is 1.77. The van der Waals surface area contributed by atoms with E-state index in [1.165, 1.54) is 43.3 Å². The Hall–Kier alpha value is -2.67. The van der Waals surface area contributed by atoms with Crippen LogP contribution in [0.3, 0.4) is 0 Å². The number of nitrogens with zero attached hydrogens (tertiary/aromatic N) is 1. The van der Waals surface area contributed by atoms with Crippen molar-refractivity contribution in [3.8, 4) is 5.75 Å². The lowest BCUT2D eigenvalue weighted by molar-refractivity contribution is -0.117. The second-order valence-electron chi connectivity index (χ2n) is 5.76. The van der Waals surface area contributed by atoms with Crippen LogP contribution in [-0.2, 0) is 14.9 Å². The van der Waals surface area contributed by atoms with Crippen molar-refractivity contribution in [2.24, 2.45) is 0 Å². The molecule has 1 aliphatic rings. The van der Waals surface area contributed by atoms with Gasteiger partial charge in [0.1, 0.15) is 10.6 Å². The minimum absolute atomic E-state index is 0.00135. The Labute approximate surface area is 146 Å². The van der Waals surface area contributed by atoms with E-state index in [1.54, 1.807) is 17.0 Å². The van der Waals surface area contributed by atoms with Gasteiger partial charge < -0.3 is 9.08 Å². The van der Waals surface area contributed by atoms with Crippen molar-refractivity contribution in [3.63, 3.8) is 0 Å². The van der Waals surface area contributed by atoms with Crippen molar-refractivity contribution >= 4 is 27.5 Å². The molecule has 6 nitrogen and oxygen atoms in total. The Morgan fingerprint density at radius 2 is 1.68 bits per heavy atom. The number of benzene rings is 2. The highest BCUT2D eigenvalue weighted by Gasteiger charge is 2.23. The van der Waals surface area contributed by atoms with Crippen LogP contribution < -0.4 is 9.08 Å². The van der Waals surface area contributed by atoms with Gasteiger partial charge in [-0.2, -0.15) is 8.42 Å². The highest BCUT2D eigenvalue weighted by Crippen LogP contribution is 2.25. The zero-order valence-electron chi connectivity index (χ0n) is 13.6. The van der Waals surface area contributed by atoms with E-state index in [0.717, 1.165) is 6.42 Å². The molecule has 2 aromatic carbocycles. The summed E-state index contributed by atoms with van der Waals surface area (Å²) < 4.78 is 29.8. The maximum Gasteiger partial charge on any atom is 0.339 e. The van der Waals surface area contributed by atoms with Gasteiger partial charge in [-0.05, 0) is 61.9 Å². The third-order valence-corrected chi connectivity index (χ3v) is 5.24. The molecule has 1 amide bonds. The predicted molar refractivity (Wildman–Crippen MR) is 92.3 cm³/mol. The van der Waals surface area contributed by atoms with Crippen molar-refractivity contribution < 1.29 is 22.2 Å². The van der Waals surface area contributed by atoms with E-state index in [9.17, 15) is 18.0 Å². The maximum atomic E-state index is 12.3. The van der Waals surface area contributed by atoms with Crippen molar-refractivity contribution in [2.75, 3.05) is 11.4 Å². The summed E-state index contributed by atoms with van der Waals surface area (Å²) in [5.74, 6) is 0.0580. The number of rotatable bonds is 5. The van der Waals surface area contributed by atoms with E-state index >= 15 is 0 Å². The summed E-state index contributed by atoms with van der Waals surface area (Å²) >= 11 is 0. The Kier molecular flexibility index (Phi) is 4.59. The van der Waals surface area contributed by atoms with Crippen LogP contribution in [0.2, 0.25) is 0 Å². The summed E-state index contributed by atoms with van der Waals surface area (Å²) in [5.41, 5.74) is 1.15. The van der Waals surface area contributed by atoms with Gasteiger partial charge in [0.25, 0.3) is 0 Å². The standard InChI is InChI=1S/C18H17NO5S/c1-13(20)14-4-8-16(9-5-14)24-25(22,23)17-10-6-15(7-11-17)19-12-2-3-18(19)21/h4-11H,2-3,12H2,1H3. The summed E-state index contributed by atoms with van der Waals surface area (Å²) in [6.07, 6.45) is 1.32. The normalized spacial score (nSPS) is 14.6. The smallest absolute Gasteiger partial charge is 0.339 e. The zero-order chi connectivity index (χ0) is 18.0. The zero-order valence-corrected chi connectivity index (χ0v) is 14.5. The van der Waals surface area contributed by atoms with Crippen LogP contribution in [0.5, 0.6) is 5.75 Å². The lowest BCUT2D eigenvalue weighted by Crippen LogP contribution is -2.23. The summed E-state index contributed by atoms with van der Waals surface area (Å²) in [4.78, 5) is 24.6. The molecule has 1 fully saturated rings. The molecule has 0 saturated carbocycles. The first kappa shape index (κ1) is 17.2. The summed E-state index contributed by atoms with van der Waals surface area (Å²) in [6, 6.07) is 11.9. The van der Waals surface area contributed by atoms with Gasteiger partial charge >= 0.3 is 10.1 Å². The van der Waals surface area contributed by atoms with E-state index in [1.807, 2.05) is 0 Å². The van der Waals surface area contributed by atoms with Crippen molar-refractivity contribution in [3.05, 3.63) is 54.1 Å². The quantitative estimate of drug-likeness (QED) is 0.606. The Morgan fingerprint density at radius 1 is 1.04 bits per heavy atom. The van der Waals surface area contributed by atoms with Gasteiger partial charge in [0, 0.05) is 24.2 Å². The van der Waals surface area contributed by atoms with Gasteiger partial charge in [0.2, 0.25) is 5.91 Å². The van der Waals surface area contributed by atoms with Crippen LogP contribution in [-0.4, -0.2) is 26.7 Å². The SMILES string of the molecule is CC(=O)c1ccc(OS(=O)(=O)c2ccc(N3CCCC3=O)cc2)cc1. The van der Waals surface area contributed by atoms with E-state index in [-0.39, 0.29) is 22.3 Å². The number of anilines is 1. The van der Waals surface area contributed by atoms with Crippen LogP contribution in [0.25, 0.3) is 0 Å². The summed E-state index contributed by atoms with van der Waals surface area (Å²) in [6.45, 7) is 2.07. The van der Waals surface area contributed by atoms with Gasteiger partial charge in [-0.15, -0.1) is 0 Å². The lowest BCUT2D eigenvalue weighted by Gasteiger charge is -2.16. The molecule has 0 unspecified atom stereocenters. The molecule has 0 radical (unpaired) electrons. The number of Topliss-reactive ketones (excluding diaryl/α,β-unsaturated/α-hetero) is 1. The monoisotopic (exact) mass is 359 g/mol. The van der Waals surface area contributed by atoms with Gasteiger partial charge in [0.15, 0.2) is 5.78 Å². The number of carbonyl (C=O) groups is 2. The van der Waals surface area contributed by atoms with Crippen molar-refractivity contribution in [2.45, 2.75) is 24.7 Å². The first-order valence-corrected chi connectivity index (χ1v) is 9.23. The molecule has 0 aliphatic carbocycles. The second kappa shape index (κ2) is 6.68. The molecule has 130 valence electrons. The Bertz CT molecular complexity index is 901. The highest BCUT2D eigenvalue weighted by atomic mass is 32.2. The van der Waals surface area contributed by atoms with Crippen LogP contribution >= 0.6 is 0 Å². The van der Waals surface area contributed by atoms with E-state index in [4.69, 9.17) is 4.18 Å². The van der Waals surface area contributed by atoms with E-state index < -0.39 is 10.1 Å². The predicted octanol–water partition coefficient (Wildman–Crippen LogP) is 2.78. The van der Waals surface area contributed by atoms with Crippen LogP contribution in [0.4, 0.5) is 5.69 Å². The molecule has 0 N–H and O–H groups in total. The second-order valence-corrected chi connectivity index (χ2v) is 7.31. The highest BCUT2D eigenvalue weighted by molar-refractivity contribution is 7.87. The van der Waals surface area contributed by atoms with Gasteiger partial charge in [-0.25, -0.2) is 0 Å². The maximum absolute atomic E-state index is 12.3. The topological polar surface area (TPSA) is 80.8 Å². The molecule has 1 heterocycles. The molecular formula is C18H17NO5S. The molecule has 0 atom stereocenters. The minimum Gasteiger partial charge on any atom is -0.379 e. The molecule has 0 aromatic heterocycles. The van der Waals surface area contributed by atoms with Crippen molar-refractivity contribution in [1.82, 2.24) is 0 Å². The van der Waals surface area contributed by atoms with Crippen molar-refractivity contribution in [1.29, 1.82) is 0 Å². The van der Waals surface area contributed by atoms with Gasteiger partial charge in [0.05, 0.1) is 0 Å². The molecule has 0 bridgehead atoms. The molecule has 1 aliphatic heterocycles. The van der Waals surface area contributed by atoms with Gasteiger partial charge in [-0.3, -0.25) is 9.59 Å². The van der Waals surface area contributed by atoms with E-state index in [2.05, 4.69) is 0 Å². The average molecular weight is 359 g/mol. The fraction of sp³-hybridized carbons (Fsp3) is 0.222. The molecule has 3 rings (SSSR count). The third-order valence-electron chi connectivity index (χ3n) is 3.98. The molecular weight excluding hydrogens is 342 g/mol.